The molecule has 0 atom stereocenters. The van der Waals surface area contributed by atoms with Gasteiger partial charge in [-0.05, 0) is 36.8 Å². The van der Waals surface area contributed by atoms with Crippen LogP contribution in [-0.4, -0.2) is 4.98 Å². The van der Waals surface area contributed by atoms with Crippen LogP contribution < -0.4 is 5.73 Å². The van der Waals surface area contributed by atoms with Crippen molar-refractivity contribution in [2.24, 2.45) is 5.73 Å². The third-order valence-corrected chi connectivity index (χ3v) is 4.17. The molecule has 2 nitrogen and oxygen atoms in total. The maximum atomic E-state index is 5.86. The van der Waals surface area contributed by atoms with Crippen molar-refractivity contribution in [3.8, 4) is 0 Å². The molecule has 0 bridgehead atoms. The number of nitrogens with zero attached hydrogens (tertiary/aromatic N) is 1. The summed E-state index contributed by atoms with van der Waals surface area (Å²) in [5.41, 5.74) is 9.28. The number of aryl methyl sites for hydroxylation is 1. The summed E-state index contributed by atoms with van der Waals surface area (Å²) in [6, 6.07) is 18.7. The van der Waals surface area contributed by atoms with Crippen LogP contribution in [0.1, 0.15) is 11.1 Å². The molecule has 0 fully saturated rings. The summed E-state index contributed by atoms with van der Waals surface area (Å²) < 4.78 is 0. The van der Waals surface area contributed by atoms with Crippen LogP contribution >= 0.6 is 11.8 Å². The highest BCUT2D eigenvalue weighted by molar-refractivity contribution is 7.99. The van der Waals surface area contributed by atoms with E-state index in [1.807, 2.05) is 18.2 Å². The van der Waals surface area contributed by atoms with E-state index in [1.165, 1.54) is 10.5 Å². The van der Waals surface area contributed by atoms with Crippen molar-refractivity contribution in [1.29, 1.82) is 0 Å². The molecule has 0 radical (unpaired) electrons. The number of aromatic nitrogens is 1. The molecule has 0 amide bonds. The van der Waals surface area contributed by atoms with E-state index in [2.05, 4.69) is 43.3 Å². The number of pyridine rings is 1. The first-order valence-corrected chi connectivity index (χ1v) is 7.41. The predicted molar refractivity (Wildman–Crippen MR) is 84.9 cm³/mol. The van der Waals surface area contributed by atoms with E-state index in [0.717, 1.165) is 21.5 Å². The molecule has 0 saturated carbocycles. The highest BCUT2D eigenvalue weighted by Gasteiger charge is 2.05. The van der Waals surface area contributed by atoms with Gasteiger partial charge in [-0.3, -0.25) is 0 Å². The summed E-state index contributed by atoms with van der Waals surface area (Å²) >= 11 is 1.67. The zero-order valence-electron chi connectivity index (χ0n) is 11.3. The number of fused-ring (bicyclic) bond motifs is 1. The second kappa shape index (κ2) is 5.65. The van der Waals surface area contributed by atoms with Crippen molar-refractivity contribution in [2.45, 2.75) is 23.4 Å². The van der Waals surface area contributed by atoms with E-state index in [0.29, 0.717) is 6.54 Å². The predicted octanol–water partition coefficient (Wildman–Crippen LogP) is 4.15. The minimum absolute atomic E-state index is 0.532. The Labute approximate surface area is 123 Å². The highest BCUT2D eigenvalue weighted by atomic mass is 32.2. The van der Waals surface area contributed by atoms with Gasteiger partial charge in [-0.15, -0.1) is 0 Å². The van der Waals surface area contributed by atoms with E-state index in [9.17, 15) is 0 Å². The van der Waals surface area contributed by atoms with Gasteiger partial charge >= 0.3 is 0 Å². The minimum atomic E-state index is 0.532. The Balaban J connectivity index is 2.01. The summed E-state index contributed by atoms with van der Waals surface area (Å²) in [6.45, 7) is 2.62. The van der Waals surface area contributed by atoms with Gasteiger partial charge in [0.1, 0.15) is 5.03 Å². The third kappa shape index (κ3) is 2.69. The highest BCUT2D eigenvalue weighted by Crippen LogP contribution is 2.29. The molecule has 20 heavy (non-hydrogen) atoms. The molecule has 0 aliphatic carbocycles. The molecule has 1 aromatic heterocycles. The molecule has 0 spiro atoms. The average Bonchev–Trinajstić information content (AvgIpc) is 2.49. The maximum absolute atomic E-state index is 5.86. The van der Waals surface area contributed by atoms with Crippen LogP contribution in [0.5, 0.6) is 0 Å². The van der Waals surface area contributed by atoms with E-state index < -0.39 is 0 Å². The SMILES string of the molecule is Cc1ccc(Sc2cc(CN)c3ccccc3n2)cc1. The van der Waals surface area contributed by atoms with Gasteiger partial charge in [-0.25, -0.2) is 4.98 Å². The smallest absolute Gasteiger partial charge is 0.102 e. The number of rotatable bonds is 3. The summed E-state index contributed by atoms with van der Waals surface area (Å²) in [5, 5.41) is 2.14. The lowest BCUT2D eigenvalue weighted by molar-refractivity contribution is 1.05. The molecule has 2 aromatic carbocycles. The van der Waals surface area contributed by atoms with Crippen molar-refractivity contribution in [2.75, 3.05) is 0 Å². The first-order valence-electron chi connectivity index (χ1n) is 6.59. The topological polar surface area (TPSA) is 38.9 Å². The Morgan fingerprint density at radius 3 is 2.55 bits per heavy atom. The first kappa shape index (κ1) is 13.2. The molecule has 1 heterocycles. The minimum Gasteiger partial charge on any atom is -0.326 e. The fraction of sp³-hybridized carbons (Fsp3) is 0.118. The molecule has 0 aliphatic rings. The second-order valence-corrected chi connectivity index (χ2v) is 5.85. The molecule has 3 aromatic rings. The zero-order chi connectivity index (χ0) is 13.9. The number of benzene rings is 2. The molecule has 3 heteroatoms. The summed E-state index contributed by atoms with van der Waals surface area (Å²) in [4.78, 5) is 5.90. The van der Waals surface area contributed by atoms with Gasteiger partial charge in [0.05, 0.1) is 5.52 Å². The molecular formula is C17H16N2S. The van der Waals surface area contributed by atoms with Crippen molar-refractivity contribution >= 4 is 22.7 Å². The fourth-order valence-electron chi connectivity index (χ4n) is 2.17. The molecule has 2 N–H and O–H groups in total. The van der Waals surface area contributed by atoms with Crippen LogP contribution in [0.15, 0.2) is 64.5 Å². The van der Waals surface area contributed by atoms with Crippen LogP contribution in [0, 0.1) is 6.92 Å². The summed E-state index contributed by atoms with van der Waals surface area (Å²) in [7, 11) is 0. The molecule has 100 valence electrons. The summed E-state index contributed by atoms with van der Waals surface area (Å²) in [5.74, 6) is 0. The first-order chi connectivity index (χ1) is 9.76. The van der Waals surface area contributed by atoms with Gasteiger partial charge in [0, 0.05) is 16.8 Å². The number of hydrogen-bond donors (Lipinski definition) is 1. The van der Waals surface area contributed by atoms with Gasteiger partial charge in [0.15, 0.2) is 0 Å². The van der Waals surface area contributed by atoms with E-state index in [4.69, 9.17) is 10.7 Å². The fourth-order valence-corrected chi connectivity index (χ4v) is 3.03. The van der Waals surface area contributed by atoms with Gasteiger partial charge in [0.25, 0.3) is 0 Å². The molecular weight excluding hydrogens is 264 g/mol. The van der Waals surface area contributed by atoms with Crippen LogP contribution in [0.25, 0.3) is 10.9 Å². The normalized spacial score (nSPS) is 10.9. The Morgan fingerprint density at radius 2 is 1.80 bits per heavy atom. The standard InChI is InChI=1S/C17H16N2S/c1-12-6-8-14(9-7-12)20-17-10-13(11-18)15-4-2-3-5-16(15)19-17/h2-10H,11,18H2,1H3. The van der Waals surface area contributed by atoms with Crippen molar-refractivity contribution < 1.29 is 0 Å². The van der Waals surface area contributed by atoms with Crippen molar-refractivity contribution in [1.82, 2.24) is 4.98 Å². The monoisotopic (exact) mass is 280 g/mol. The van der Waals surface area contributed by atoms with Crippen LogP contribution in [0.3, 0.4) is 0 Å². The number of para-hydroxylation sites is 1. The van der Waals surface area contributed by atoms with E-state index in [-0.39, 0.29) is 0 Å². The Hall–Kier alpha value is -1.84. The molecule has 0 unspecified atom stereocenters. The molecule has 0 aliphatic heterocycles. The number of hydrogen-bond acceptors (Lipinski definition) is 3. The average molecular weight is 280 g/mol. The lowest BCUT2D eigenvalue weighted by Gasteiger charge is -2.08. The van der Waals surface area contributed by atoms with E-state index in [1.54, 1.807) is 11.8 Å². The number of nitrogens with two attached hydrogens (primary N) is 1. The van der Waals surface area contributed by atoms with Crippen LogP contribution in [0.2, 0.25) is 0 Å². The largest absolute Gasteiger partial charge is 0.326 e. The molecule has 0 saturated heterocycles. The Morgan fingerprint density at radius 1 is 1.05 bits per heavy atom. The maximum Gasteiger partial charge on any atom is 0.102 e. The van der Waals surface area contributed by atoms with Crippen LogP contribution in [-0.2, 0) is 6.54 Å². The van der Waals surface area contributed by atoms with Gasteiger partial charge in [-0.2, -0.15) is 0 Å². The van der Waals surface area contributed by atoms with Crippen LogP contribution in [0.4, 0.5) is 0 Å². The lowest BCUT2D eigenvalue weighted by Crippen LogP contribution is -1.99. The van der Waals surface area contributed by atoms with Gasteiger partial charge < -0.3 is 5.73 Å². The van der Waals surface area contributed by atoms with E-state index >= 15 is 0 Å². The van der Waals surface area contributed by atoms with Gasteiger partial charge in [-0.1, -0.05) is 47.7 Å². The lowest BCUT2D eigenvalue weighted by atomic mass is 10.1. The van der Waals surface area contributed by atoms with Crippen molar-refractivity contribution in [3.63, 3.8) is 0 Å². The molecule has 3 rings (SSSR count). The van der Waals surface area contributed by atoms with Crippen molar-refractivity contribution in [3.05, 3.63) is 65.7 Å². The third-order valence-electron chi connectivity index (χ3n) is 3.24. The quantitative estimate of drug-likeness (QED) is 0.783. The zero-order valence-corrected chi connectivity index (χ0v) is 12.2. The Bertz CT molecular complexity index is 736. The van der Waals surface area contributed by atoms with Gasteiger partial charge in [0.2, 0.25) is 0 Å². The second-order valence-electron chi connectivity index (χ2n) is 4.76. The summed E-state index contributed by atoms with van der Waals surface area (Å²) in [6.07, 6.45) is 0. The Kier molecular flexibility index (Phi) is 3.72.